The summed E-state index contributed by atoms with van der Waals surface area (Å²) in [6, 6.07) is 2.86. The van der Waals surface area contributed by atoms with Gasteiger partial charge in [0, 0.05) is 34.1 Å². The molecule has 3 aromatic rings. The number of alkyl halides is 2. The van der Waals surface area contributed by atoms with Crippen molar-refractivity contribution in [2.75, 3.05) is 5.73 Å². The number of hydrogen-bond donors (Lipinski definition) is 3. The zero-order chi connectivity index (χ0) is 23.2. The molecule has 1 aliphatic heterocycles. The number of benzene rings is 1. The number of pyridine rings is 1. The zero-order valence-corrected chi connectivity index (χ0v) is 18.0. The normalized spacial score (nSPS) is 24.0. The van der Waals surface area contributed by atoms with Crippen molar-refractivity contribution in [1.29, 1.82) is 0 Å². The molecule has 7 nitrogen and oxygen atoms in total. The maximum atomic E-state index is 14.0. The molecule has 0 bridgehead atoms. The molecular formula is C20H18Cl2F3N5O2. The summed E-state index contributed by atoms with van der Waals surface area (Å²) in [4.78, 5) is 4.09. The van der Waals surface area contributed by atoms with Gasteiger partial charge in [0.15, 0.2) is 24.2 Å². The molecule has 2 aromatic heterocycles. The first-order chi connectivity index (χ1) is 15.2. The summed E-state index contributed by atoms with van der Waals surface area (Å²) in [6.45, 7) is 1.62. The first kappa shape index (κ1) is 22.7. The summed E-state index contributed by atoms with van der Waals surface area (Å²) in [7, 11) is 0. The monoisotopic (exact) mass is 487 g/mol. The maximum absolute atomic E-state index is 14.0. The van der Waals surface area contributed by atoms with Crippen molar-refractivity contribution in [2.24, 2.45) is 0 Å². The number of aliphatic hydroxyl groups is 1. The Bertz CT molecular complexity index is 1150. The van der Waals surface area contributed by atoms with Crippen molar-refractivity contribution in [3.63, 3.8) is 0 Å². The molecule has 4 N–H and O–H groups in total. The van der Waals surface area contributed by atoms with Crippen LogP contribution < -0.4 is 15.8 Å². The number of anilines is 1. The minimum absolute atomic E-state index is 0.0659. The summed E-state index contributed by atoms with van der Waals surface area (Å²) >= 11 is 12.2. The van der Waals surface area contributed by atoms with Crippen LogP contribution in [0.1, 0.15) is 24.6 Å². The number of nitrogens with zero attached hydrogens (tertiary/aromatic N) is 3. The number of nitrogens with one attached hydrogen (secondary N) is 1. The van der Waals surface area contributed by atoms with Crippen molar-refractivity contribution in [1.82, 2.24) is 20.1 Å². The molecule has 1 saturated heterocycles. The molecule has 0 spiro atoms. The van der Waals surface area contributed by atoms with Crippen molar-refractivity contribution in [2.45, 2.75) is 37.8 Å². The lowest BCUT2D eigenvalue weighted by Gasteiger charge is -2.19. The molecule has 32 heavy (non-hydrogen) atoms. The highest BCUT2D eigenvalue weighted by Gasteiger charge is 2.44. The van der Waals surface area contributed by atoms with E-state index in [0.717, 1.165) is 10.7 Å². The third-order valence-corrected chi connectivity index (χ3v) is 5.89. The number of aliphatic hydroxyl groups excluding tert-OH is 1. The third-order valence-electron chi connectivity index (χ3n) is 5.18. The van der Waals surface area contributed by atoms with E-state index in [1.807, 2.05) is 5.32 Å². The van der Waals surface area contributed by atoms with Crippen LogP contribution in [0, 0.1) is 5.82 Å². The van der Waals surface area contributed by atoms with Gasteiger partial charge in [0.25, 0.3) is 0 Å². The van der Waals surface area contributed by atoms with Gasteiger partial charge in [-0.25, -0.2) is 18.2 Å². The molecule has 3 heterocycles. The molecule has 0 amide bonds. The van der Waals surface area contributed by atoms with Crippen LogP contribution in [0.5, 0.6) is 5.75 Å². The molecule has 0 radical (unpaired) electrons. The largest absolute Gasteiger partial charge is 0.482 e. The fourth-order valence-corrected chi connectivity index (χ4v) is 4.19. The smallest absolute Gasteiger partial charge is 0.181 e. The number of hydrogen-bond acceptors (Lipinski definition) is 6. The molecule has 1 fully saturated rings. The van der Waals surface area contributed by atoms with E-state index in [0.29, 0.717) is 11.1 Å². The van der Waals surface area contributed by atoms with Gasteiger partial charge in [-0.1, -0.05) is 23.2 Å². The molecule has 0 aliphatic carbocycles. The van der Waals surface area contributed by atoms with Crippen LogP contribution in [0.2, 0.25) is 10.0 Å². The van der Waals surface area contributed by atoms with Crippen molar-refractivity contribution < 1.29 is 23.0 Å². The predicted molar refractivity (Wildman–Crippen MR) is 113 cm³/mol. The Kier molecular flexibility index (Phi) is 6.22. The van der Waals surface area contributed by atoms with E-state index in [1.54, 1.807) is 13.0 Å². The van der Waals surface area contributed by atoms with Gasteiger partial charge in [0.1, 0.15) is 24.1 Å². The molecule has 4 rings (SSSR count). The Hall–Kier alpha value is -2.53. The van der Waals surface area contributed by atoms with E-state index in [9.17, 15) is 18.3 Å². The molecule has 0 saturated carbocycles. The van der Waals surface area contributed by atoms with Gasteiger partial charge < -0.3 is 15.6 Å². The van der Waals surface area contributed by atoms with Crippen LogP contribution >= 0.6 is 23.2 Å². The molecule has 1 aromatic carbocycles. The Balaban J connectivity index is 1.61. The lowest BCUT2D eigenvalue weighted by molar-refractivity contribution is 0.0583. The highest BCUT2D eigenvalue weighted by Crippen LogP contribution is 2.37. The van der Waals surface area contributed by atoms with Gasteiger partial charge >= 0.3 is 0 Å². The molecular weight excluding hydrogens is 470 g/mol. The van der Waals surface area contributed by atoms with Crippen LogP contribution in [0.25, 0.3) is 11.1 Å². The summed E-state index contributed by atoms with van der Waals surface area (Å²) in [5, 5.41) is 16.0. The molecule has 170 valence electrons. The predicted octanol–water partition coefficient (Wildman–Crippen LogP) is 4.21. The maximum Gasteiger partial charge on any atom is 0.181 e. The lowest BCUT2D eigenvalue weighted by atomic mass is 10.1. The summed E-state index contributed by atoms with van der Waals surface area (Å²) in [5.74, 6) is -0.399. The molecule has 12 heteroatoms. The second-order valence-corrected chi connectivity index (χ2v) is 8.07. The summed E-state index contributed by atoms with van der Waals surface area (Å²) < 4.78 is 48.4. The SMILES string of the molecule is CC(Oc1cc(-c2cnn(C3C(F)NC(F)C3O)c2)cnc1N)c1c(Cl)ccc(F)c1Cl. The third kappa shape index (κ3) is 4.11. The Morgan fingerprint density at radius 3 is 2.66 bits per heavy atom. The highest BCUT2D eigenvalue weighted by atomic mass is 35.5. The van der Waals surface area contributed by atoms with Gasteiger partial charge in [0.2, 0.25) is 0 Å². The van der Waals surface area contributed by atoms with Crippen molar-refractivity contribution >= 4 is 29.0 Å². The highest BCUT2D eigenvalue weighted by molar-refractivity contribution is 6.36. The average Bonchev–Trinajstić information content (AvgIpc) is 3.31. The average molecular weight is 488 g/mol. The van der Waals surface area contributed by atoms with E-state index in [-0.39, 0.29) is 27.2 Å². The Morgan fingerprint density at radius 1 is 1.22 bits per heavy atom. The molecule has 5 unspecified atom stereocenters. The fraction of sp³-hybridized carbons (Fsp3) is 0.300. The standard InChI is InChI=1S/C20H18Cl2F3N5O2/c1-8(14-11(21)2-3-12(23)15(14)22)32-13-4-9(5-27-20(13)26)10-6-28-30(7-10)16-17(31)19(25)29-18(16)24/h2-8,16-19,29,31H,1H3,(H2,26,27). The first-order valence-corrected chi connectivity index (χ1v) is 10.2. The van der Waals surface area contributed by atoms with Gasteiger partial charge in [0.05, 0.1) is 11.2 Å². The zero-order valence-electron chi connectivity index (χ0n) is 16.5. The van der Waals surface area contributed by atoms with Crippen molar-refractivity contribution in [3.05, 3.63) is 58.2 Å². The second kappa shape index (κ2) is 8.78. The Morgan fingerprint density at radius 2 is 1.97 bits per heavy atom. The number of halogens is 5. The van der Waals surface area contributed by atoms with Crippen molar-refractivity contribution in [3.8, 4) is 16.9 Å². The number of rotatable bonds is 5. The van der Waals surface area contributed by atoms with Gasteiger partial charge in [-0.3, -0.25) is 10.00 Å². The molecule has 1 aliphatic rings. The topological polar surface area (TPSA) is 98.2 Å². The van der Waals surface area contributed by atoms with Crippen LogP contribution in [0.15, 0.2) is 36.8 Å². The number of ether oxygens (including phenoxy) is 1. The summed E-state index contributed by atoms with van der Waals surface area (Å²) in [6.07, 6.45) is -1.76. The minimum Gasteiger partial charge on any atom is -0.482 e. The molecule has 5 atom stereocenters. The fourth-order valence-electron chi connectivity index (χ4n) is 3.51. The van der Waals surface area contributed by atoms with E-state index in [2.05, 4.69) is 10.1 Å². The minimum atomic E-state index is -1.90. The summed E-state index contributed by atoms with van der Waals surface area (Å²) in [5.41, 5.74) is 7.19. The Labute approximate surface area is 190 Å². The van der Waals surface area contributed by atoms with Gasteiger partial charge in [-0.2, -0.15) is 5.10 Å². The van der Waals surface area contributed by atoms with E-state index in [1.165, 1.54) is 24.7 Å². The van der Waals surface area contributed by atoms with E-state index >= 15 is 0 Å². The number of aromatic nitrogens is 3. The van der Waals surface area contributed by atoms with Crippen LogP contribution in [-0.4, -0.2) is 38.6 Å². The first-order valence-electron chi connectivity index (χ1n) is 9.49. The quantitative estimate of drug-likeness (QED) is 0.368. The number of nitrogens with two attached hydrogens (primary N) is 1. The van der Waals surface area contributed by atoms with Crippen LogP contribution in [-0.2, 0) is 0 Å². The van der Waals surface area contributed by atoms with Gasteiger partial charge in [-0.15, -0.1) is 0 Å². The van der Waals surface area contributed by atoms with E-state index < -0.39 is 36.7 Å². The van der Waals surface area contributed by atoms with E-state index in [4.69, 9.17) is 33.7 Å². The van der Waals surface area contributed by atoms with Crippen LogP contribution in [0.4, 0.5) is 19.0 Å². The van der Waals surface area contributed by atoms with Gasteiger partial charge in [-0.05, 0) is 25.1 Å². The number of nitrogen functional groups attached to an aromatic ring is 1. The van der Waals surface area contributed by atoms with Crippen LogP contribution in [0.3, 0.4) is 0 Å². The lowest BCUT2D eigenvalue weighted by Crippen LogP contribution is -2.28. The second-order valence-electron chi connectivity index (χ2n) is 7.28.